The number of sulfonamides is 1. The second-order valence-corrected chi connectivity index (χ2v) is 13.2. The van der Waals surface area contributed by atoms with Crippen LogP contribution in [-0.2, 0) is 32.6 Å². The first kappa shape index (κ1) is 36.2. The Morgan fingerprint density at radius 1 is 0.896 bits per heavy atom. The number of halogens is 2. The highest BCUT2D eigenvalue weighted by molar-refractivity contribution is 7.92. The molecule has 0 fully saturated rings. The number of anilines is 1. The van der Waals surface area contributed by atoms with Gasteiger partial charge >= 0.3 is 0 Å². The molecule has 0 aromatic heterocycles. The standard InChI is InChI=1S/C36H39ClFN3O6S/c1-4-5-21-39-36(43)32(22-26-11-7-6-8-12-26)40(24-27-13-9-10-14-31(27)37)35(42)25-41(29-17-15-28(38)16-18-29)48(44,45)30-19-20-33(46-2)34(23-30)47-3/h6-20,23,32H,4-5,21-22,24-25H2,1-3H3,(H,39,43)/t32-/m0/s1. The van der Waals surface area contributed by atoms with Crippen LogP contribution in [0.1, 0.15) is 30.9 Å². The van der Waals surface area contributed by atoms with Gasteiger partial charge in [-0.05, 0) is 60.0 Å². The Morgan fingerprint density at radius 3 is 2.21 bits per heavy atom. The maximum absolute atomic E-state index is 14.6. The fourth-order valence-electron chi connectivity index (χ4n) is 5.11. The Balaban J connectivity index is 1.82. The molecule has 0 aliphatic carbocycles. The zero-order valence-corrected chi connectivity index (χ0v) is 28.6. The predicted molar refractivity (Wildman–Crippen MR) is 184 cm³/mol. The lowest BCUT2D eigenvalue weighted by Gasteiger charge is -2.34. The number of nitrogens with zero attached hydrogens (tertiary/aromatic N) is 2. The maximum Gasteiger partial charge on any atom is 0.264 e. The molecule has 0 radical (unpaired) electrons. The molecule has 254 valence electrons. The van der Waals surface area contributed by atoms with Gasteiger partial charge in [-0.15, -0.1) is 0 Å². The lowest BCUT2D eigenvalue weighted by molar-refractivity contribution is -0.140. The highest BCUT2D eigenvalue weighted by atomic mass is 35.5. The summed E-state index contributed by atoms with van der Waals surface area (Å²) in [5.74, 6) is -1.17. The van der Waals surface area contributed by atoms with E-state index in [2.05, 4.69) is 5.32 Å². The van der Waals surface area contributed by atoms with Gasteiger partial charge in [0.15, 0.2) is 11.5 Å². The first-order valence-electron chi connectivity index (χ1n) is 15.4. The summed E-state index contributed by atoms with van der Waals surface area (Å²) >= 11 is 6.54. The maximum atomic E-state index is 14.6. The van der Waals surface area contributed by atoms with E-state index < -0.39 is 34.3 Å². The zero-order chi connectivity index (χ0) is 34.7. The molecule has 0 aliphatic heterocycles. The van der Waals surface area contributed by atoms with Crippen LogP contribution in [0.4, 0.5) is 10.1 Å². The number of amides is 2. The molecule has 0 heterocycles. The van der Waals surface area contributed by atoms with Crippen LogP contribution in [0.15, 0.2) is 102 Å². The number of hydrogen-bond donors (Lipinski definition) is 1. The number of ether oxygens (including phenoxy) is 2. The third-order valence-electron chi connectivity index (χ3n) is 7.74. The highest BCUT2D eigenvalue weighted by Gasteiger charge is 2.35. The Labute approximate surface area is 286 Å². The van der Waals surface area contributed by atoms with Crippen molar-refractivity contribution in [3.05, 3.63) is 119 Å². The fourth-order valence-corrected chi connectivity index (χ4v) is 6.74. The van der Waals surface area contributed by atoms with Crippen LogP contribution in [0.3, 0.4) is 0 Å². The molecule has 0 unspecified atom stereocenters. The molecule has 4 rings (SSSR count). The summed E-state index contributed by atoms with van der Waals surface area (Å²) in [6.07, 6.45) is 1.75. The van der Waals surface area contributed by atoms with E-state index >= 15 is 0 Å². The van der Waals surface area contributed by atoms with Gasteiger partial charge in [0.2, 0.25) is 11.8 Å². The molecule has 48 heavy (non-hydrogen) atoms. The molecule has 4 aromatic carbocycles. The van der Waals surface area contributed by atoms with Crippen molar-refractivity contribution in [1.82, 2.24) is 10.2 Å². The van der Waals surface area contributed by atoms with Gasteiger partial charge in [0.25, 0.3) is 10.0 Å². The van der Waals surface area contributed by atoms with Gasteiger partial charge in [-0.1, -0.05) is 73.5 Å². The smallest absolute Gasteiger partial charge is 0.264 e. The summed E-state index contributed by atoms with van der Waals surface area (Å²) < 4.78 is 54.1. The Morgan fingerprint density at radius 2 is 1.56 bits per heavy atom. The minimum absolute atomic E-state index is 0.0456. The van der Waals surface area contributed by atoms with Gasteiger partial charge in [0, 0.05) is 30.6 Å². The van der Waals surface area contributed by atoms with Gasteiger partial charge in [-0.2, -0.15) is 0 Å². The van der Waals surface area contributed by atoms with Crippen molar-refractivity contribution < 1.29 is 31.9 Å². The predicted octanol–water partition coefficient (Wildman–Crippen LogP) is 6.25. The van der Waals surface area contributed by atoms with Crippen molar-refractivity contribution >= 4 is 39.1 Å². The number of nitrogens with one attached hydrogen (secondary N) is 1. The Hall–Kier alpha value is -4.61. The molecule has 0 saturated carbocycles. The fraction of sp³-hybridized carbons (Fsp3) is 0.278. The van der Waals surface area contributed by atoms with E-state index in [-0.39, 0.29) is 35.2 Å². The van der Waals surface area contributed by atoms with Crippen molar-refractivity contribution in [3.8, 4) is 11.5 Å². The second kappa shape index (κ2) is 17.0. The average Bonchev–Trinajstić information content (AvgIpc) is 3.09. The normalized spacial score (nSPS) is 11.8. The highest BCUT2D eigenvalue weighted by Crippen LogP contribution is 2.32. The summed E-state index contributed by atoms with van der Waals surface area (Å²) in [5.41, 5.74) is 1.42. The van der Waals surface area contributed by atoms with Crippen LogP contribution in [0.5, 0.6) is 11.5 Å². The topological polar surface area (TPSA) is 105 Å². The lowest BCUT2D eigenvalue weighted by atomic mass is 10.0. The number of unbranched alkanes of at least 4 members (excludes halogenated alkanes) is 1. The monoisotopic (exact) mass is 695 g/mol. The molecular weight excluding hydrogens is 657 g/mol. The summed E-state index contributed by atoms with van der Waals surface area (Å²) in [7, 11) is -1.66. The van der Waals surface area contributed by atoms with Crippen molar-refractivity contribution in [2.24, 2.45) is 0 Å². The summed E-state index contributed by atoms with van der Waals surface area (Å²) in [6, 6.07) is 24.0. The molecule has 4 aromatic rings. The molecule has 0 aliphatic rings. The second-order valence-electron chi connectivity index (χ2n) is 11.0. The van der Waals surface area contributed by atoms with Crippen LogP contribution in [-0.4, -0.2) is 58.5 Å². The van der Waals surface area contributed by atoms with Gasteiger partial charge in [0.05, 0.1) is 24.8 Å². The van der Waals surface area contributed by atoms with E-state index in [4.69, 9.17) is 21.1 Å². The van der Waals surface area contributed by atoms with E-state index in [1.54, 1.807) is 24.3 Å². The quantitative estimate of drug-likeness (QED) is 0.139. The Kier molecular flexibility index (Phi) is 12.8. The van der Waals surface area contributed by atoms with E-state index in [0.717, 1.165) is 34.8 Å². The van der Waals surface area contributed by atoms with E-state index in [1.165, 1.54) is 49.5 Å². The molecular formula is C36H39ClFN3O6S. The molecule has 0 bridgehead atoms. The minimum Gasteiger partial charge on any atom is -0.493 e. The van der Waals surface area contributed by atoms with E-state index in [9.17, 15) is 22.4 Å². The molecule has 0 spiro atoms. The number of methoxy groups -OCH3 is 2. The average molecular weight is 696 g/mol. The first-order chi connectivity index (χ1) is 23.1. The van der Waals surface area contributed by atoms with Crippen LogP contribution in [0.25, 0.3) is 0 Å². The van der Waals surface area contributed by atoms with Crippen molar-refractivity contribution in [2.45, 2.75) is 43.7 Å². The summed E-state index contributed by atoms with van der Waals surface area (Å²) in [6.45, 7) is 1.62. The number of rotatable bonds is 16. The van der Waals surface area contributed by atoms with Crippen LogP contribution in [0, 0.1) is 5.82 Å². The SMILES string of the molecule is CCCCNC(=O)[C@H](Cc1ccccc1)N(Cc1ccccc1Cl)C(=O)CN(c1ccc(F)cc1)S(=O)(=O)c1ccc(OC)c(OC)c1. The van der Waals surface area contributed by atoms with E-state index in [1.807, 2.05) is 37.3 Å². The Bertz CT molecular complexity index is 1790. The van der Waals surface area contributed by atoms with Gasteiger partial charge in [-0.3, -0.25) is 13.9 Å². The molecule has 0 saturated heterocycles. The first-order valence-corrected chi connectivity index (χ1v) is 17.3. The lowest BCUT2D eigenvalue weighted by Crippen LogP contribution is -2.53. The molecule has 9 nitrogen and oxygen atoms in total. The van der Waals surface area contributed by atoms with Gasteiger partial charge in [-0.25, -0.2) is 12.8 Å². The molecule has 1 N–H and O–H groups in total. The number of benzene rings is 4. The third-order valence-corrected chi connectivity index (χ3v) is 9.87. The molecule has 2 amide bonds. The third kappa shape index (κ3) is 9.05. The van der Waals surface area contributed by atoms with E-state index in [0.29, 0.717) is 22.9 Å². The largest absolute Gasteiger partial charge is 0.493 e. The summed E-state index contributed by atoms with van der Waals surface area (Å²) in [5, 5.41) is 3.33. The van der Waals surface area contributed by atoms with Crippen LogP contribution < -0.4 is 19.1 Å². The number of hydrogen-bond acceptors (Lipinski definition) is 6. The molecule has 12 heteroatoms. The molecule has 1 atom stereocenters. The van der Waals surface area contributed by atoms with Crippen LogP contribution >= 0.6 is 11.6 Å². The van der Waals surface area contributed by atoms with Gasteiger partial charge in [0.1, 0.15) is 18.4 Å². The van der Waals surface area contributed by atoms with Crippen molar-refractivity contribution in [1.29, 1.82) is 0 Å². The van der Waals surface area contributed by atoms with Gasteiger partial charge < -0.3 is 19.7 Å². The van der Waals surface area contributed by atoms with Crippen molar-refractivity contribution in [3.63, 3.8) is 0 Å². The number of carbonyl (C=O) groups is 2. The number of carbonyl (C=O) groups excluding carboxylic acids is 2. The van der Waals surface area contributed by atoms with Crippen molar-refractivity contribution in [2.75, 3.05) is 31.6 Å². The van der Waals surface area contributed by atoms with Crippen LogP contribution in [0.2, 0.25) is 5.02 Å². The summed E-state index contributed by atoms with van der Waals surface area (Å²) in [4.78, 5) is 29.6. The minimum atomic E-state index is -4.46. The zero-order valence-electron chi connectivity index (χ0n) is 27.1.